The molecule has 1 atom stereocenters. The average Bonchev–Trinajstić information content (AvgIpc) is 3.17. The average molecular weight is 427 g/mol. The number of rotatable bonds is 8. The number of aliphatic hydroxyl groups excluding tert-OH is 1. The van der Waals surface area contributed by atoms with Crippen molar-refractivity contribution in [1.29, 1.82) is 0 Å². The Bertz CT molecular complexity index is 1030. The molecule has 0 aliphatic carbocycles. The van der Waals surface area contributed by atoms with E-state index in [1.54, 1.807) is 10.7 Å². The summed E-state index contributed by atoms with van der Waals surface area (Å²) < 4.78 is 7.28. The molecule has 1 aliphatic heterocycles. The van der Waals surface area contributed by atoms with E-state index < -0.39 is 6.10 Å². The van der Waals surface area contributed by atoms with Gasteiger partial charge < -0.3 is 25.8 Å². The molecule has 0 aromatic carbocycles. The molecule has 166 valence electrons. The van der Waals surface area contributed by atoms with Gasteiger partial charge in [-0.2, -0.15) is 4.98 Å². The van der Waals surface area contributed by atoms with Crippen molar-refractivity contribution in [2.45, 2.75) is 39.2 Å². The van der Waals surface area contributed by atoms with Gasteiger partial charge in [-0.05, 0) is 24.5 Å². The van der Waals surface area contributed by atoms with Crippen LogP contribution >= 0.6 is 0 Å². The highest BCUT2D eigenvalue weighted by Crippen LogP contribution is 2.21. The van der Waals surface area contributed by atoms with Gasteiger partial charge in [-0.1, -0.05) is 13.0 Å². The summed E-state index contributed by atoms with van der Waals surface area (Å²) in [6.45, 7) is 8.24. The number of pyridine rings is 1. The van der Waals surface area contributed by atoms with E-state index in [2.05, 4.69) is 38.3 Å². The zero-order valence-corrected chi connectivity index (χ0v) is 18.1. The molecule has 10 heteroatoms. The number of nitrogens with zero attached hydrogens (tertiary/aromatic N) is 6. The summed E-state index contributed by atoms with van der Waals surface area (Å²) in [6, 6.07) is 2.34. The van der Waals surface area contributed by atoms with Crippen LogP contribution in [0.2, 0.25) is 0 Å². The third-order valence-electron chi connectivity index (χ3n) is 5.50. The molecule has 31 heavy (non-hydrogen) atoms. The first kappa shape index (κ1) is 21.3. The first-order valence-electron chi connectivity index (χ1n) is 10.8. The van der Waals surface area contributed by atoms with Gasteiger partial charge in [-0.3, -0.25) is 0 Å². The molecular formula is C21H30N8O2. The molecule has 4 heterocycles. The molecule has 0 amide bonds. The Morgan fingerprint density at radius 3 is 2.81 bits per heavy atom. The van der Waals surface area contributed by atoms with Crippen LogP contribution in [0.15, 0.2) is 18.5 Å². The highest BCUT2D eigenvalue weighted by atomic mass is 16.5. The molecule has 0 unspecified atom stereocenters. The number of hydrogen-bond donors (Lipinski definition) is 3. The van der Waals surface area contributed by atoms with Crippen LogP contribution in [-0.4, -0.2) is 68.6 Å². The maximum Gasteiger partial charge on any atom is 0.336 e. The monoisotopic (exact) mass is 426 g/mol. The summed E-state index contributed by atoms with van der Waals surface area (Å²) in [5, 5.41) is 17.5. The third kappa shape index (κ3) is 4.86. The number of nitrogens with two attached hydrogens (primary N) is 1. The predicted octanol–water partition coefficient (Wildman–Crippen LogP) is 0.950. The summed E-state index contributed by atoms with van der Waals surface area (Å²) in [6.07, 6.45) is 5.07. The number of nitrogens with one attached hydrogen (secondary N) is 1. The summed E-state index contributed by atoms with van der Waals surface area (Å²) in [5.74, 6) is 1.30. The number of aliphatic hydroxyl groups is 1. The van der Waals surface area contributed by atoms with E-state index in [0.717, 1.165) is 48.8 Å². The van der Waals surface area contributed by atoms with Crippen molar-refractivity contribution in [2.24, 2.45) is 0 Å². The van der Waals surface area contributed by atoms with Gasteiger partial charge >= 0.3 is 6.01 Å². The molecule has 4 N–H and O–H groups in total. The molecule has 0 radical (unpaired) electrons. The Morgan fingerprint density at radius 1 is 1.26 bits per heavy atom. The van der Waals surface area contributed by atoms with Gasteiger partial charge in [0.15, 0.2) is 11.5 Å². The second kappa shape index (κ2) is 9.44. The van der Waals surface area contributed by atoms with Crippen LogP contribution in [0.5, 0.6) is 6.01 Å². The minimum atomic E-state index is -0.398. The summed E-state index contributed by atoms with van der Waals surface area (Å²) in [4.78, 5) is 15.6. The molecule has 10 nitrogen and oxygen atoms in total. The lowest BCUT2D eigenvalue weighted by atomic mass is 10.1. The number of hydrogen-bond acceptors (Lipinski definition) is 9. The Kier molecular flexibility index (Phi) is 6.47. The van der Waals surface area contributed by atoms with Crippen molar-refractivity contribution >= 4 is 17.3 Å². The highest BCUT2D eigenvalue weighted by Gasteiger charge is 2.16. The Hall–Kier alpha value is -2.98. The van der Waals surface area contributed by atoms with E-state index in [1.165, 1.54) is 0 Å². The molecule has 4 rings (SSSR count). The number of imidazole rings is 1. The van der Waals surface area contributed by atoms with Crippen molar-refractivity contribution < 1.29 is 9.84 Å². The lowest BCUT2D eigenvalue weighted by Gasteiger charge is -2.29. The minimum absolute atomic E-state index is 0.177. The lowest BCUT2D eigenvalue weighted by Crippen LogP contribution is -2.44. The quantitative estimate of drug-likeness (QED) is 0.482. The van der Waals surface area contributed by atoms with Crippen LogP contribution in [0, 0.1) is 6.92 Å². The van der Waals surface area contributed by atoms with Gasteiger partial charge in [0.1, 0.15) is 5.82 Å². The molecule has 3 aromatic heterocycles. The molecule has 1 fully saturated rings. The van der Waals surface area contributed by atoms with Crippen molar-refractivity contribution in [2.75, 3.05) is 43.4 Å². The number of anilines is 2. The van der Waals surface area contributed by atoms with Crippen LogP contribution in [0.4, 0.5) is 11.6 Å². The second-order valence-electron chi connectivity index (χ2n) is 7.86. The number of aryl methyl sites for hydroxylation is 1. The van der Waals surface area contributed by atoms with Crippen molar-refractivity contribution in [1.82, 2.24) is 29.9 Å². The van der Waals surface area contributed by atoms with E-state index in [0.29, 0.717) is 31.5 Å². The molecule has 3 aromatic rings. The SMILES string of the molecule is CC[C@H](O)CCOc1nc(N)c2ncc(Cc3cnc(N4CCNCC4)c(C)c3)n2n1. The van der Waals surface area contributed by atoms with Crippen LogP contribution in [0.25, 0.3) is 5.65 Å². The zero-order valence-electron chi connectivity index (χ0n) is 18.1. The number of ether oxygens (including phenoxy) is 1. The van der Waals surface area contributed by atoms with Crippen molar-refractivity contribution in [3.63, 3.8) is 0 Å². The highest BCUT2D eigenvalue weighted by molar-refractivity contribution is 5.60. The van der Waals surface area contributed by atoms with Crippen LogP contribution in [0.3, 0.4) is 0 Å². The number of nitrogen functional groups attached to an aromatic ring is 1. The number of piperazine rings is 1. The van der Waals surface area contributed by atoms with E-state index in [1.807, 2.05) is 13.1 Å². The van der Waals surface area contributed by atoms with Crippen LogP contribution < -0.4 is 20.7 Å². The summed E-state index contributed by atoms with van der Waals surface area (Å²) in [7, 11) is 0. The van der Waals surface area contributed by atoms with Crippen LogP contribution in [-0.2, 0) is 6.42 Å². The van der Waals surface area contributed by atoms with Crippen molar-refractivity contribution in [3.05, 3.63) is 35.3 Å². The molecular weight excluding hydrogens is 396 g/mol. The van der Waals surface area contributed by atoms with Crippen LogP contribution in [0.1, 0.15) is 36.6 Å². The molecule has 0 bridgehead atoms. The van der Waals surface area contributed by atoms with E-state index in [-0.39, 0.29) is 11.8 Å². The Morgan fingerprint density at radius 2 is 2.06 bits per heavy atom. The largest absolute Gasteiger partial charge is 0.462 e. The fraction of sp³-hybridized carbons (Fsp3) is 0.524. The normalized spacial score (nSPS) is 15.4. The first-order valence-corrected chi connectivity index (χ1v) is 10.8. The third-order valence-corrected chi connectivity index (χ3v) is 5.50. The number of fused-ring (bicyclic) bond motifs is 1. The number of aromatic nitrogens is 5. The topological polar surface area (TPSA) is 127 Å². The molecule has 1 saturated heterocycles. The van der Waals surface area contributed by atoms with Gasteiger partial charge in [0, 0.05) is 45.2 Å². The Balaban J connectivity index is 1.52. The maximum atomic E-state index is 9.69. The van der Waals surface area contributed by atoms with E-state index in [4.69, 9.17) is 15.5 Å². The van der Waals surface area contributed by atoms with Gasteiger partial charge in [-0.25, -0.2) is 14.5 Å². The lowest BCUT2D eigenvalue weighted by molar-refractivity contribution is 0.132. The summed E-state index contributed by atoms with van der Waals surface area (Å²) >= 11 is 0. The zero-order chi connectivity index (χ0) is 21.8. The smallest absolute Gasteiger partial charge is 0.336 e. The second-order valence-corrected chi connectivity index (χ2v) is 7.86. The van der Waals surface area contributed by atoms with Gasteiger partial charge in [0.05, 0.1) is 24.6 Å². The van der Waals surface area contributed by atoms with Crippen molar-refractivity contribution in [3.8, 4) is 6.01 Å². The minimum Gasteiger partial charge on any atom is -0.462 e. The molecule has 0 saturated carbocycles. The summed E-state index contributed by atoms with van der Waals surface area (Å²) in [5.41, 5.74) is 9.66. The molecule has 1 aliphatic rings. The molecule has 0 spiro atoms. The predicted molar refractivity (Wildman–Crippen MR) is 118 cm³/mol. The Labute approximate surface area is 181 Å². The standard InChI is InChI=1S/C21H30N8O2/c1-3-17(30)4-9-31-21-26-18(22)20-25-13-16(29(20)27-21)11-15-10-14(2)19(24-12-15)28-7-5-23-6-8-28/h10,12-13,17,23,30H,3-9,11H2,1-2H3,(H2,22,26,27)/t17-/m0/s1. The van der Waals surface area contributed by atoms with Gasteiger partial charge in [0.2, 0.25) is 0 Å². The van der Waals surface area contributed by atoms with Gasteiger partial charge in [-0.15, -0.1) is 5.10 Å². The maximum absolute atomic E-state index is 9.69. The van der Waals surface area contributed by atoms with E-state index in [9.17, 15) is 5.11 Å². The fourth-order valence-corrected chi connectivity index (χ4v) is 3.74. The fourth-order valence-electron chi connectivity index (χ4n) is 3.74. The first-order chi connectivity index (χ1) is 15.0. The van der Waals surface area contributed by atoms with Gasteiger partial charge in [0.25, 0.3) is 0 Å². The van der Waals surface area contributed by atoms with E-state index >= 15 is 0 Å².